The maximum Gasteiger partial charge on any atom is 0.134 e. The average Bonchev–Trinajstić information content (AvgIpc) is 2.59. The molecule has 0 amide bonds. The second kappa shape index (κ2) is 3.41. The van der Waals surface area contributed by atoms with Crippen molar-refractivity contribution in [3.05, 3.63) is 26.8 Å². The Hall–Kier alpha value is -1.23. The van der Waals surface area contributed by atoms with Crippen LogP contribution in [0, 0.1) is 0 Å². The van der Waals surface area contributed by atoms with Gasteiger partial charge >= 0.3 is 0 Å². The summed E-state index contributed by atoms with van der Waals surface area (Å²) in [5, 5.41) is 15.5. The molecule has 0 spiro atoms. The van der Waals surface area contributed by atoms with Crippen molar-refractivity contribution in [3.8, 4) is 5.75 Å². The summed E-state index contributed by atoms with van der Waals surface area (Å²) >= 11 is 1.43. The van der Waals surface area contributed by atoms with Crippen LogP contribution in [-0.2, 0) is 0 Å². The van der Waals surface area contributed by atoms with E-state index in [1.165, 1.54) is 11.3 Å². The van der Waals surface area contributed by atoms with E-state index in [1.54, 1.807) is 13.8 Å². The monoisotopic (exact) mass is 225 g/mol. The van der Waals surface area contributed by atoms with Gasteiger partial charge in [0.2, 0.25) is 0 Å². The number of thiophene rings is 1. The third-order valence-corrected chi connectivity index (χ3v) is 3.46. The molecule has 80 valence electrons. The van der Waals surface area contributed by atoms with E-state index in [2.05, 4.69) is 10.0 Å². The van der Waals surface area contributed by atoms with Gasteiger partial charge in [-0.1, -0.05) is 5.11 Å². The molecule has 0 aromatic carbocycles. The highest BCUT2D eigenvalue weighted by molar-refractivity contribution is 7.10. The third-order valence-electron chi connectivity index (χ3n) is 2.49. The van der Waals surface area contributed by atoms with E-state index in [1.807, 2.05) is 11.4 Å². The molecule has 2 rings (SSSR count). The Morgan fingerprint density at radius 2 is 2.40 bits per heavy atom. The molecular weight excluding hydrogens is 214 g/mol. The zero-order valence-electron chi connectivity index (χ0n) is 8.41. The van der Waals surface area contributed by atoms with Crippen molar-refractivity contribution in [2.45, 2.75) is 31.6 Å². The fourth-order valence-corrected chi connectivity index (χ4v) is 2.53. The lowest BCUT2D eigenvalue weighted by molar-refractivity contribution is -0.0555. The predicted octanol–water partition coefficient (Wildman–Crippen LogP) is 2.63. The van der Waals surface area contributed by atoms with Crippen molar-refractivity contribution in [2.24, 2.45) is 5.11 Å². The summed E-state index contributed by atoms with van der Waals surface area (Å²) in [6.07, 6.45) is -0.820. The first-order valence-corrected chi connectivity index (χ1v) is 5.43. The van der Waals surface area contributed by atoms with E-state index in [0.717, 1.165) is 4.88 Å². The van der Waals surface area contributed by atoms with E-state index in [9.17, 15) is 5.11 Å². The number of ether oxygens (including phenoxy) is 1. The highest BCUT2D eigenvalue weighted by Crippen LogP contribution is 2.44. The first-order valence-electron chi connectivity index (χ1n) is 4.55. The average molecular weight is 225 g/mol. The van der Waals surface area contributed by atoms with Crippen LogP contribution < -0.4 is 4.74 Å². The molecule has 5 nitrogen and oxygen atoms in total. The molecule has 2 unspecified atom stereocenters. The molecule has 0 saturated carbocycles. The zero-order chi connectivity index (χ0) is 11.1. The zero-order valence-corrected chi connectivity index (χ0v) is 9.23. The Bertz CT molecular complexity index is 423. The van der Waals surface area contributed by atoms with Crippen LogP contribution in [0.15, 0.2) is 16.6 Å². The number of nitrogens with zero attached hydrogens (tertiary/aromatic N) is 3. The van der Waals surface area contributed by atoms with Gasteiger partial charge in [-0.25, -0.2) is 0 Å². The lowest BCUT2D eigenvalue weighted by Gasteiger charge is -2.38. The molecule has 0 saturated heterocycles. The molecule has 2 atom stereocenters. The number of fused-ring (bicyclic) bond motifs is 1. The summed E-state index contributed by atoms with van der Waals surface area (Å²) in [5.41, 5.74) is 7.75. The third kappa shape index (κ3) is 1.56. The van der Waals surface area contributed by atoms with Crippen LogP contribution in [-0.4, -0.2) is 16.8 Å². The molecule has 2 heterocycles. The molecule has 1 aromatic rings. The van der Waals surface area contributed by atoms with Crippen molar-refractivity contribution in [2.75, 3.05) is 0 Å². The number of azide groups is 1. The largest absolute Gasteiger partial charge is 0.484 e. The molecule has 6 heteroatoms. The number of aliphatic hydroxyl groups is 1. The standard InChI is InChI=1S/C9H11N3O2S/c1-9(2)8(13)6(11-12-10)7-5(14-9)3-4-15-7/h3-4,6,8,13H,1-2H3. The van der Waals surface area contributed by atoms with Crippen molar-refractivity contribution in [3.63, 3.8) is 0 Å². The van der Waals surface area contributed by atoms with Crippen LogP contribution in [0.1, 0.15) is 24.8 Å². The summed E-state index contributed by atoms with van der Waals surface area (Å²) in [6.45, 7) is 3.55. The number of hydrogen-bond acceptors (Lipinski definition) is 4. The maximum atomic E-state index is 10.0. The molecule has 0 bridgehead atoms. The molecular formula is C9H11N3O2S. The summed E-state index contributed by atoms with van der Waals surface area (Å²) in [4.78, 5) is 3.56. The fraction of sp³-hybridized carbons (Fsp3) is 0.556. The van der Waals surface area contributed by atoms with E-state index < -0.39 is 17.7 Å². The minimum Gasteiger partial charge on any atom is -0.484 e. The van der Waals surface area contributed by atoms with Crippen LogP contribution in [0.5, 0.6) is 5.75 Å². The van der Waals surface area contributed by atoms with Crippen LogP contribution in [0.25, 0.3) is 10.4 Å². The number of hydrogen-bond donors (Lipinski definition) is 1. The van der Waals surface area contributed by atoms with Gasteiger partial charge in [-0.15, -0.1) is 11.3 Å². The van der Waals surface area contributed by atoms with Gasteiger partial charge in [-0.05, 0) is 30.8 Å². The van der Waals surface area contributed by atoms with E-state index in [0.29, 0.717) is 5.75 Å². The van der Waals surface area contributed by atoms with Crippen molar-refractivity contribution in [1.29, 1.82) is 0 Å². The summed E-state index contributed by atoms with van der Waals surface area (Å²) < 4.78 is 5.63. The van der Waals surface area contributed by atoms with Crippen LogP contribution in [0.2, 0.25) is 0 Å². The lowest BCUT2D eigenvalue weighted by Crippen LogP contribution is -2.47. The van der Waals surface area contributed by atoms with Gasteiger partial charge in [0.05, 0.1) is 4.88 Å². The minimum atomic E-state index is -0.820. The van der Waals surface area contributed by atoms with Crippen LogP contribution in [0.4, 0.5) is 0 Å². The number of aliphatic hydroxyl groups excluding tert-OH is 1. The molecule has 1 aliphatic rings. The maximum absolute atomic E-state index is 10.0. The smallest absolute Gasteiger partial charge is 0.134 e. The van der Waals surface area contributed by atoms with Gasteiger partial charge < -0.3 is 9.84 Å². The van der Waals surface area contributed by atoms with Gasteiger partial charge in [0.15, 0.2) is 0 Å². The molecule has 1 aromatic heterocycles. The van der Waals surface area contributed by atoms with Gasteiger partial charge in [0, 0.05) is 4.91 Å². The van der Waals surface area contributed by atoms with Gasteiger partial charge in [0.1, 0.15) is 23.5 Å². The molecule has 1 aliphatic heterocycles. The highest BCUT2D eigenvalue weighted by Gasteiger charge is 2.43. The number of rotatable bonds is 1. The topological polar surface area (TPSA) is 78.2 Å². The summed E-state index contributed by atoms with van der Waals surface area (Å²) in [7, 11) is 0. The van der Waals surface area contributed by atoms with Gasteiger partial charge in [-0.2, -0.15) is 0 Å². The van der Waals surface area contributed by atoms with Gasteiger partial charge in [0.25, 0.3) is 0 Å². The van der Waals surface area contributed by atoms with Gasteiger partial charge in [-0.3, -0.25) is 0 Å². The van der Waals surface area contributed by atoms with Crippen molar-refractivity contribution >= 4 is 11.3 Å². The second-order valence-electron chi connectivity index (χ2n) is 3.95. The summed E-state index contributed by atoms with van der Waals surface area (Å²) in [6, 6.07) is 1.28. The predicted molar refractivity (Wildman–Crippen MR) is 56.9 cm³/mol. The Balaban J connectivity index is 2.50. The molecule has 0 aliphatic carbocycles. The van der Waals surface area contributed by atoms with Crippen LogP contribution in [0.3, 0.4) is 0 Å². The Labute approximate surface area is 90.9 Å². The van der Waals surface area contributed by atoms with Crippen LogP contribution >= 0.6 is 11.3 Å². The quantitative estimate of drug-likeness (QED) is 0.453. The van der Waals surface area contributed by atoms with Crippen molar-refractivity contribution in [1.82, 2.24) is 0 Å². The molecule has 0 fully saturated rings. The lowest BCUT2D eigenvalue weighted by atomic mass is 9.91. The Kier molecular flexibility index (Phi) is 2.34. The Morgan fingerprint density at radius 3 is 3.07 bits per heavy atom. The second-order valence-corrected chi connectivity index (χ2v) is 4.90. The highest BCUT2D eigenvalue weighted by atomic mass is 32.1. The van der Waals surface area contributed by atoms with Crippen molar-refractivity contribution < 1.29 is 9.84 Å². The minimum absolute atomic E-state index is 0.547. The van der Waals surface area contributed by atoms with E-state index in [-0.39, 0.29) is 0 Å². The first-order chi connectivity index (χ1) is 7.06. The SMILES string of the molecule is CC1(C)Oc2ccsc2C(N=[N+]=[N-])C1O. The first kappa shape index (κ1) is 10.3. The Morgan fingerprint density at radius 1 is 1.67 bits per heavy atom. The molecule has 15 heavy (non-hydrogen) atoms. The fourth-order valence-electron chi connectivity index (χ4n) is 1.65. The summed E-state index contributed by atoms with van der Waals surface area (Å²) in [5.74, 6) is 0.702. The molecule has 0 radical (unpaired) electrons. The van der Waals surface area contributed by atoms with E-state index >= 15 is 0 Å². The normalized spacial score (nSPS) is 27.4. The van der Waals surface area contributed by atoms with E-state index in [4.69, 9.17) is 10.3 Å². The molecule has 1 N–H and O–H groups in total.